The van der Waals surface area contributed by atoms with Crippen molar-refractivity contribution in [3.63, 3.8) is 0 Å². The first kappa shape index (κ1) is 75.9. The molecule has 0 aliphatic carbocycles. The van der Waals surface area contributed by atoms with E-state index in [1.165, 1.54) is 0 Å². The lowest BCUT2D eigenvalue weighted by molar-refractivity contribution is -0.0759. The van der Waals surface area contributed by atoms with Gasteiger partial charge in [-0.3, -0.25) is 0 Å². The van der Waals surface area contributed by atoms with Crippen LogP contribution in [0, 0.1) is 41.4 Å². The minimum Gasteiger partial charge on any atom is -0.394 e. The second-order valence-electron chi connectivity index (χ2n) is 26.6. The third-order valence-corrected chi connectivity index (χ3v) is 23.4. The third kappa shape index (κ3) is 21.9. The molecule has 0 saturated carbocycles. The molecular weight excluding hydrogens is 1190 g/mol. The molecule has 14 nitrogen and oxygen atoms in total. The average molecular weight is 1300 g/mol. The van der Waals surface area contributed by atoms with Crippen molar-refractivity contribution in [2.45, 2.75) is 222 Å². The Balaban J connectivity index is 0.000000286. The number of aliphatic hydroxyl groups is 2. The predicted octanol–water partition coefficient (Wildman–Crippen LogP) is 13.8. The summed E-state index contributed by atoms with van der Waals surface area (Å²) >= 11 is 0. The van der Waals surface area contributed by atoms with Crippen LogP contribution >= 0.6 is 0 Å². The Kier molecular flexibility index (Phi) is 30.6. The number of sulfone groups is 2. The van der Waals surface area contributed by atoms with Crippen molar-refractivity contribution in [2.24, 2.45) is 41.4 Å². The largest absolute Gasteiger partial charge is 0.394 e. The van der Waals surface area contributed by atoms with E-state index >= 15 is 0 Å². The predicted molar refractivity (Wildman–Crippen MR) is 364 cm³/mol. The summed E-state index contributed by atoms with van der Waals surface area (Å²) in [7, 11) is -7.04. The molecule has 4 unspecified atom stereocenters. The van der Waals surface area contributed by atoms with E-state index in [9.17, 15) is 27.0 Å². The van der Waals surface area contributed by atoms with Gasteiger partial charge in [-0.2, -0.15) is 0 Å². The van der Waals surface area contributed by atoms with Crippen LogP contribution in [0.15, 0.2) is 169 Å². The monoisotopic (exact) mass is 1300 g/mol. The number of hydrogen-bond acceptors (Lipinski definition) is 14. The SMILES string of the molecule is C.C=CCOC/C=C/[C@H]1CC(=C)C(CC[C@H]2C[C@@H](C)C(=C)C(C[C@@H]3O[C@H](C[C@H](C)CC)[C@H](C)[C@H]3CS(=O)(=O)c3ccccc3)O2)O1.C=CCOC/C=C/[C@H]1CC(=C)C(CC[C@H]2C[C@@H](C)C(=C)C(C[C@@H]3O[C@H](C[C@H](O)CO)[C@H](C)[C@H]3CS(=O)(=O)c3ccccc3)O2)O1. The zero-order valence-corrected chi connectivity index (χ0v) is 56.4. The van der Waals surface area contributed by atoms with Gasteiger partial charge < -0.3 is 48.1 Å². The van der Waals surface area contributed by atoms with Crippen LogP contribution in [0.1, 0.15) is 132 Å². The van der Waals surface area contributed by atoms with E-state index < -0.39 is 31.9 Å². The summed E-state index contributed by atoms with van der Waals surface area (Å²) in [5.74, 6) is 0.660. The first-order valence-electron chi connectivity index (χ1n) is 33.2. The zero-order chi connectivity index (χ0) is 65.1. The Hall–Kier alpha value is -4.14. The first-order valence-corrected chi connectivity index (χ1v) is 36.5. The second-order valence-corrected chi connectivity index (χ2v) is 30.7. The van der Waals surface area contributed by atoms with Gasteiger partial charge in [-0.25, -0.2) is 16.8 Å². The van der Waals surface area contributed by atoms with Crippen LogP contribution in [0.2, 0.25) is 0 Å². The average Bonchev–Trinajstić information content (AvgIpc) is 1.76. The molecular formula is C75H112O14S2. The molecule has 6 aliphatic heterocycles. The molecule has 2 aromatic rings. The standard InChI is InChI=1S/C38H56O6S.C36H52O8S.CH4/c1-8-19-41-20-13-14-31-23-28(5)35(42-31)18-17-32-22-27(4)29(6)37(43-32)24-38-34(30(7)36(44-38)21-26(3)9-2)25-45(39,40)33-15-11-10-12-16-33;1-6-16-41-17-10-11-29-19-25(3)33(42-29)15-14-30-18-24(2)26(4)35(43-30)21-36-32(27(5)34(44-36)20-28(38)22-37)23-45(39,40)31-12-8-7-9-13-31;/h8,10-16,26-27,30-32,34-38H,1,5-6,9,17-25H2,2-4,7H3;6-13,24,27-30,32-38H,1,3-4,14-23H2,2,5H3;1H4/b14-13+;11-10+;/t26-,27-,30-,31+,32+,34-,35?,36-,37?,38+;24-,27-,28+,29+,30+,32-,33?,34-,35?,36+;/m11./s1. The number of ether oxygens (including phenoxy) is 8. The van der Waals surface area contributed by atoms with Crippen molar-refractivity contribution in [1.29, 1.82) is 0 Å². The van der Waals surface area contributed by atoms with Gasteiger partial charge in [-0.1, -0.05) is 155 Å². The maximum Gasteiger partial charge on any atom is 0.178 e. The molecule has 6 saturated heterocycles. The summed E-state index contributed by atoms with van der Waals surface area (Å²) in [6, 6.07) is 17.3. The summed E-state index contributed by atoms with van der Waals surface area (Å²) in [5, 5.41) is 19.7. The molecule has 0 amide bonds. The third-order valence-electron chi connectivity index (χ3n) is 19.8. The van der Waals surface area contributed by atoms with Crippen molar-refractivity contribution >= 4 is 19.7 Å². The van der Waals surface area contributed by atoms with Crippen LogP contribution in [-0.2, 0) is 57.6 Å². The molecule has 508 valence electrons. The first-order chi connectivity index (χ1) is 43.0. The highest BCUT2D eigenvalue weighted by molar-refractivity contribution is 7.91. The van der Waals surface area contributed by atoms with Gasteiger partial charge in [-0.05, 0) is 121 Å². The minimum absolute atomic E-state index is 0. The summed E-state index contributed by atoms with van der Waals surface area (Å²) in [6.07, 6.45) is 19.5. The molecule has 20 atom stereocenters. The van der Waals surface area contributed by atoms with E-state index in [0.29, 0.717) is 56.0 Å². The molecule has 0 spiro atoms. The molecule has 0 bridgehead atoms. The lowest BCUT2D eigenvalue weighted by Gasteiger charge is -2.38. The van der Waals surface area contributed by atoms with Gasteiger partial charge in [0.2, 0.25) is 0 Å². The van der Waals surface area contributed by atoms with Gasteiger partial charge in [0.05, 0.1) is 134 Å². The van der Waals surface area contributed by atoms with Crippen molar-refractivity contribution in [3.8, 4) is 0 Å². The molecule has 91 heavy (non-hydrogen) atoms. The van der Waals surface area contributed by atoms with E-state index in [0.717, 1.165) is 86.5 Å². The summed E-state index contributed by atoms with van der Waals surface area (Å²) < 4.78 is 104. The molecule has 16 heteroatoms. The van der Waals surface area contributed by atoms with Gasteiger partial charge in [-0.15, -0.1) is 13.2 Å². The number of hydrogen-bond donors (Lipinski definition) is 2. The fourth-order valence-electron chi connectivity index (χ4n) is 14.0. The second kappa shape index (κ2) is 36.7. The number of benzene rings is 2. The highest BCUT2D eigenvalue weighted by Crippen LogP contribution is 2.45. The van der Waals surface area contributed by atoms with Crippen molar-refractivity contribution in [1.82, 2.24) is 0 Å². The lowest BCUT2D eigenvalue weighted by atomic mass is 9.81. The Morgan fingerprint density at radius 3 is 1.36 bits per heavy atom. The van der Waals surface area contributed by atoms with Gasteiger partial charge in [0.15, 0.2) is 19.7 Å². The van der Waals surface area contributed by atoms with Gasteiger partial charge in [0, 0.05) is 43.9 Å². The quantitative estimate of drug-likeness (QED) is 0.0521. The van der Waals surface area contributed by atoms with Crippen LogP contribution in [0.25, 0.3) is 0 Å². The van der Waals surface area contributed by atoms with Gasteiger partial charge >= 0.3 is 0 Å². The van der Waals surface area contributed by atoms with Crippen molar-refractivity contribution < 1.29 is 64.9 Å². The van der Waals surface area contributed by atoms with Crippen LogP contribution in [0.5, 0.6) is 0 Å². The highest BCUT2D eigenvalue weighted by atomic mass is 32.2. The molecule has 8 rings (SSSR count). The summed E-state index contributed by atoms with van der Waals surface area (Å²) in [6.45, 7) is 39.4. The normalized spacial score (nSPS) is 32.8. The van der Waals surface area contributed by atoms with E-state index in [1.54, 1.807) is 66.7 Å². The molecule has 0 aromatic heterocycles. The molecule has 6 heterocycles. The van der Waals surface area contributed by atoms with E-state index in [1.807, 2.05) is 31.2 Å². The maximum atomic E-state index is 13.5. The van der Waals surface area contributed by atoms with E-state index in [-0.39, 0.29) is 134 Å². The Labute approximate surface area is 548 Å². The van der Waals surface area contributed by atoms with Crippen LogP contribution in [0.3, 0.4) is 0 Å². The fourth-order valence-corrected chi connectivity index (χ4v) is 17.6. The lowest BCUT2D eigenvalue weighted by Crippen LogP contribution is -2.38. The Morgan fingerprint density at radius 2 is 0.978 bits per heavy atom. The minimum atomic E-state index is -3.57. The molecule has 2 N–H and O–H groups in total. The number of aliphatic hydroxyl groups excluding tert-OH is 2. The molecule has 6 fully saturated rings. The Bertz CT molecular complexity index is 2710. The number of rotatable bonds is 32. The van der Waals surface area contributed by atoms with E-state index in [2.05, 4.69) is 80.2 Å². The highest BCUT2D eigenvalue weighted by Gasteiger charge is 2.48. The smallest absolute Gasteiger partial charge is 0.178 e. The van der Waals surface area contributed by atoms with E-state index in [4.69, 9.17) is 37.9 Å². The summed E-state index contributed by atoms with van der Waals surface area (Å²) in [4.78, 5) is 0.666. The molecule has 0 radical (unpaired) electrons. The molecule has 2 aromatic carbocycles. The van der Waals surface area contributed by atoms with Crippen molar-refractivity contribution in [3.05, 3.63) is 159 Å². The summed E-state index contributed by atoms with van der Waals surface area (Å²) in [5.41, 5.74) is 4.30. The van der Waals surface area contributed by atoms with Crippen LogP contribution in [0.4, 0.5) is 0 Å². The maximum absolute atomic E-state index is 13.5. The van der Waals surface area contributed by atoms with Gasteiger partial charge in [0.1, 0.15) is 0 Å². The molecule has 6 aliphatic rings. The fraction of sp³-hybridized carbons (Fsp3) is 0.627. The van der Waals surface area contributed by atoms with Crippen molar-refractivity contribution in [2.75, 3.05) is 44.5 Å². The topological polar surface area (TPSA) is 183 Å². The van der Waals surface area contributed by atoms with Crippen LogP contribution in [-0.4, -0.2) is 151 Å². The Morgan fingerprint density at radius 1 is 0.571 bits per heavy atom. The zero-order valence-electron chi connectivity index (χ0n) is 54.8. The van der Waals surface area contributed by atoms with Crippen LogP contribution < -0.4 is 0 Å². The van der Waals surface area contributed by atoms with Gasteiger partial charge in [0.25, 0.3) is 0 Å².